The molecule has 8 unspecified atom stereocenters. The number of aliphatic hydroxyl groups is 4. The third kappa shape index (κ3) is 12.6. The first-order valence-corrected chi connectivity index (χ1v) is 23.5. The molecule has 4 N–H and O–H groups in total. The van der Waals surface area contributed by atoms with Crippen molar-refractivity contribution in [2.24, 2.45) is 16.2 Å². The van der Waals surface area contributed by atoms with Gasteiger partial charge in [0, 0.05) is 16.2 Å². The Morgan fingerprint density at radius 1 is 0.407 bits per heavy atom. The third-order valence-corrected chi connectivity index (χ3v) is 15.1. The first kappa shape index (κ1) is 46.6. The molecule has 59 heavy (non-hydrogen) atoms. The summed E-state index contributed by atoms with van der Waals surface area (Å²) in [4.78, 5) is 0. The Morgan fingerprint density at radius 3 is 0.814 bits per heavy atom. The number of ether oxygens (including phenoxy) is 4. The van der Waals surface area contributed by atoms with E-state index in [2.05, 4.69) is 78.0 Å². The van der Waals surface area contributed by atoms with Gasteiger partial charge in [0.25, 0.3) is 0 Å². The van der Waals surface area contributed by atoms with Crippen molar-refractivity contribution in [2.45, 2.75) is 206 Å². The number of hydrogen-bond donors (Lipinski definition) is 4. The molecule has 8 nitrogen and oxygen atoms in total. The van der Waals surface area contributed by atoms with Crippen LogP contribution in [-0.2, 0) is 18.9 Å². The van der Waals surface area contributed by atoms with Gasteiger partial charge in [0.1, 0.15) is 12.2 Å². The Kier molecular flexibility index (Phi) is 16.6. The van der Waals surface area contributed by atoms with Crippen LogP contribution in [0.2, 0.25) is 0 Å². The van der Waals surface area contributed by atoms with E-state index in [0.29, 0.717) is 26.4 Å². The van der Waals surface area contributed by atoms with Crippen molar-refractivity contribution in [2.75, 3.05) is 26.4 Å². The minimum atomic E-state index is -0.628. The van der Waals surface area contributed by atoms with Gasteiger partial charge >= 0.3 is 0 Å². The summed E-state index contributed by atoms with van der Waals surface area (Å²) in [6.45, 7) is 15.2. The van der Waals surface area contributed by atoms with Gasteiger partial charge in [0.05, 0.1) is 63.1 Å². The van der Waals surface area contributed by atoms with Crippen LogP contribution < -0.4 is 0 Å². The van der Waals surface area contributed by atoms with E-state index in [1.807, 2.05) is 0 Å². The fourth-order valence-corrected chi connectivity index (χ4v) is 10.6. The van der Waals surface area contributed by atoms with Crippen molar-refractivity contribution in [1.82, 2.24) is 0 Å². The van der Waals surface area contributed by atoms with E-state index in [-0.39, 0.29) is 52.9 Å². The zero-order valence-electron chi connectivity index (χ0n) is 37.6. The minimum Gasteiger partial charge on any atom is -0.393 e. The average molecular weight is 821 g/mol. The van der Waals surface area contributed by atoms with Crippen molar-refractivity contribution >= 4 is 0 Å². The zero-order chi connectivity index (χ0) is 42.2. The normalized spacial score (nSPS) is 30.0. The van der Waals surface area contributed by atoms with Crippen LogP contribution in [0.15, 0.2) is 69.9 Å². The Bertz CT molecular complexity index is 1460. The highest BCUT2D eigenvalue weighted by Gasteiger charge is 2.35. The SMILES string of the molecule is CC(C)(C1=CCC(O)CC1)C1=CCC(OCC(O)COC2CC=C(C(C)(C)C3=CCC(OCC(O)COC4CC=C(C(C)(C)C5=CCC(O)CC5)CC4)CC3)CC2)CC1. The largest absolute Gasteiger partial charge is 0.393 e. The van der Waals surface area contributed by atoms with Crippen molar-refractivity contribution in [3.05, 3.63) is 69.9 Å². The quantitative estimate of drug-likeness (QED) is 0.101. The fraction of sp³-hybridized carbons (Fsp3) is 0.765. The van der Waals surface area contributed by atoms with E-state index in [4.69, 9.17) is 18.9 Å². The predicted octanol–water partition coefficient (Wildman–Crippen LogP) is 9.71. The molecule has 332 valence electrons. The molecule has 0 amide bonds. The maximum absolute atomic E-state index is 10.7. The molecule has 0 aliphatic heterocycles. The summed E-state index contributed by atoms with van der Waals surface area (Å²) in [5.74, 6) is 0. The van der Waals surface area contributed by atoms with Gasteiger partial charge < -0.3 is 39.4 Å². The summed E-state index contributed by atoms with van der Waals surface area (Å²) in [7, 11) is 0. The second-order valence-corrected chi connectivity index (χ2v) is 20.3. The van der Waals surface area contributed by atoms with Gasteiger partial charge in [-0.3, -0.25) is 0 Å². The fourth-order valence-electron chi connectivity index (χ4n) is 10.6. The molecule has 0 fully saturated rings. The summed E-state index contributed by atoms with van der Waals surface area (Å²) in [5.41, 5.74) is 8.87. The zero-order valence-corrected chi connectivity index (χ0v) is 37.6. The first-order chi connectivity index (χ1) is 28.1. The highest BCUT2D eigenvalue weighted by atomic mass is 16.5. The summed E-state index contributed by atoms with van der Waals surface area (Å²) >= 11 is 0. The predicted molar refractivity (Wildman–Crippen MR) is 236 cm³/mol. The lowest BCUT2D eigenvalue weighted by Crippen LogP contribution is -2.32. The van der Waals surface area contributed by atoms with Crippen molar-refractivity contribution < 1.29 is 39.4 Å². The topological polar surface area (TPSA) is 118 Å². The maximum Gasteiger partial charge on any atom is 0.101 e. The summed E-state index contributed by atoms with van der Waals surface area (Å²) < 4.78 is 24.7. The van der Waals surface area contributed by atoms with Gasteiger partial charge in [-0.2, -0.15) is 0 Å². The van der Waals surface area contributed by atoms with Crippen molar-refractivity contribution in [3.8, 4) is 0 Å². The van der Waals surface area contributed by atoms with Crippen LogP contribution in [0.1, 0.15) is 157 Å². The summed E-state index contributed by atoms with van der Waals surface area (Å²) in [6.07, 6.45) is 29.4. The maximum atomic E-state index is 10.7. The smallest absolute Gasteiger partial charge is 0.101 e. The Balaban J connectivity index is 0.842. The standard InChI is InChI=1S/C51H80O8/c1-49(2,35-7-19-41(52)20-8-35)37-11-23-45(24-12-37)56-31-43(54)33-58-47-27-15-39(16-28-47)51(5,6)40-17-29-48(30-18-40)59-34-44(55)32-57-46-25-13-38(14-26-46)50(3,4)36-9-21-42(53)22-10-36/h7,9,11,13,15,17,41-48,52-55H,8,10,12,14,16,18-34H2,1-6H3. The Hall–Kier alpha value is -1.88. The molecule has 8 heteroatoms. The molecule has 0 radical (unpaired) electrons. The lowest BCUT2D eigenvalue weighted by molar-refractivity contribution is -0.0654. The Labute approximate surface area is 356 Å². The molecule has 8 atom stereocenters. The monoisotopic (exact) mass is 821 g/mol. The van der Waals surface area contributed by atoms with Gasteiger partial charge in [0.15, 0.2) is 0 Å². The van der Waals surface area contributed by atoms with E-state index in [1.54, 1.807) is 0 Å². The van der Waals surface area contributed by atoms with Crippen LogP contribution in [0.5, 0.6) is 0 Å². The summed E-state index contributed by atoms with van der Waals surface area (Å²) in [5, 5.41) is 41.3. The van der Waals surface area contributed by atoms with E-state index in [9.17, 15) is 20.4 Å². The Morgan fingerprint density at radius 2 is 0.627 bits per heavy atom. The molecule has 0 aromatic heterocycles. The molecule has 6 aliphatic carbocycles. The molecule has 0 spiro atoms. The van der Waals surface area contributed by atoms with E-state index < -0.39 is 12.2 Å². The molecule has 6 rings (SSSR count). The number of allylic oxidation sites excluding steroid dienone is 6. The van der Waals surface area contributed by atoms with Crippen LogP contribution in [-0.4, -0.2) is 95.7 Å². The molecule has 0 saturated carbocycles. The van der Waals surface area contributed by atoms with Crippen molar-refractivity contribution in [1.29, 1.82) is 0 Å². The number of hydrogen-bond acceptors (Lipinski definition) is 8. The van der Waals surface area contributed by atoms with E-state index in [0.717, 1.165) is 116 Å². The van der Waals surface area contributed by atoms with E-state index in [1.165, 1.54) is 33.4 Å². The van der Waals surface area contributed by atoms with Gasteiger partial charge in [-0.25, -0.2) is 0 Å². The lowest BCUT2D eigenvalue weighted by atomic mass is 9.70. The number of aliphatic hydroxyl groups excluding tert-OH is 4. The highest BCUT2D eigenvalue weighted by Crippen LogP contribution is 2.46. The molecule has 0 aromatic carbocycles. The van der Waals surface area contributed by atoms with Crippen LogP contribution >= 0.6 is 0 Å². The van der Waals surface area contributed by atoms with Crippen LogP contribution in [0.3, 0.4) is 0 Å². The number of rotatable bonds is 18. The van der Waals surface area contributed by atoms with Gasteiger partial charge in [0.2, 0.25) is 0 Å². The molecule has 0 saturated heterocycles. The molecule has 0 aromatic rings. The molecular formula is C51H80O8. The van der Waals surface area contributed by atoms with Crippen LogP contribution in [0, 0.1) is 16.2 Å². The third-order valence-electron chi connectivity index (χ3n) is 15.1. The van der Waals surface area contributed by atoms with Gasteiger partial charge in [-0.15, -0.1) is 0 Å². The highest BCUT2D eigenvalue weighted by molar-refractivity contribution is 5.32. The lowest BCUT2D eigenvalue weighted by Gasteiger charge is -2.38. The van der Waals surface area contributed by atoms with Crippen LogP contribution in [0.4, 0.5) is 0 Å². The van der Waals surface area contributed by atoms with Crippen LogP contribution in [0.25, 0.3) is 0 Å². The van der Waals surface area contributed by atoms with E-state index >= 15 is 0 Å². The second-order valence-electron chi connectivity index (χ2n) is 20.3. The van der Waals surface area contributed by atoms with Crippen molar-refractivity contribution in [3.63, 3.8) is 0 Å². The molecular weight excluding hydrogens is 741 g/mol. The average Bonchev–Trinajstić information content (AvgIpc) is 3.24. The second kappa shape index (κ2) is 21.0. The first-order valence-electron chi connectivity index (χ1n) is 23.5. The summed E-state index contributed by atoms with van der Waals surface area (Å²) in [6, 6.07) is 0. The molecule has 6 aliphatic rings. The van der Waals surface area contributed by atoms with Gasteiger partial charge in [-0.05, 0) is 116 Å². The molecule has 0 heterocycles. The van der Waals surface area contributed by atoms with Gasteiger partial charge in [-0.1, -0.05) is 111 Å². The molecule has 0 bridgehead atoms. The minimum absolute atomic E-state index is 0.00459.